The number of hydrogen-bond donors (Lipinski definition) is 1. The van der Waals surface area contributed by atoms with Crippen molar-refractivity contribution in [1.29, 1.82) is 0 Å². The summed E-state index contributed by atoms with van der Waals surface area (Å²) in [5.74, 6) is 1.69. The van der Waals surface area contributed by atoms with Gasteiger partial charge in [0.05, 0.1) is 12.6 Å². The van der Waals surface area contributed by atoms with Gasteiger partial charge in [0.2, 0.25) is 0 Å². The Morgan fingerprint density at radius 3 is 2.44 bits per heavy atom. The maximum atomic E-state index is 13.3. The van der Waals surface area contributed by atoms with E-state index in [1.807, 2.05) is 7.05 Å². The third-order valence-corrected chi connectivity index (χ3v) is 4.87. The molecule has 0 spiro atoms. The average Bonchev–Trinajstić information content (AvgIpc) is 2.96. The number of β-amino-alcohol motifs (C(OH)–C–C–N with tert-alkyl or cyclic N) is 1. The Balaban J connectivity index is 1.49. The molecule has 1 N–H and O–H groups in total. The standard InChI is InChI=1S/C18H26FN5O/c1-3-17-20-21-18(22(17)2)13-24-9-7-23(8-10-24)12-16(25)14-5-4-6-15(19)11-14/h4-6,11,16,25H,3,7-10,12-13H2,1-2H3/t16-/m0/s1. The van der Waals surface area contributed by atoms with Gasteiger partial charge in [-0.05, 0) is 17.7 Å². The summed E-state index contributed by atoms with van der Waals surface area (Å²) >= 11 is 0. The number of hydrogen-bond acceptors (Lipinski definition) is 5. The second kappa shape index (κ2) is 8.03. The lowest BCUT2D eigenvalue weighted by atomic mass is 10.1. The zero-order valence-corrected chi connectivity index (χ0v) is 14.9. The first-order valence-electron chi connectivity index (χ1n) is 8.82. The van der Waals surface area contributed by atoms with Crippen LogP contribution in [0.3, 0.4) is 0 Å². The number of halogens is 1. The molecular weight excluding hydrogens is 321 g/mol. The Morgan fingerprint density at radius 1 is 1.12 bits per heavy atom. The Kier molecular flexibility index (Phi) is 5.78. The van der Waals surface area contributed by atoms with Crippen LogP contribution < -0.4 is 0 Å². The van der Waals surface area contributed by atoms with Gasteiger partial charge in [0, 0.05) is 46.2 Å². The first-order valence-corrected chi connectivity index (χ1v) is 8.82. The van der Waals surface area contributed by atoms with Gasteiger partial charge >= 0.3 is 0 Å². The van der Waals surface area contributed by atoms with Crippen molar-refractivity contribution in [2.24, 2.45) is 7.05 Å². The quantitative estimate of drug-likeness (QED) is 0.855. The van der Waals surface area contributed by atoms with Gasteiger partial charge in [-0.15, -0.1) is 10.2 Å². The Hall–Kier alpha value is -1.83. The largest absolute Gasteiger partial charge is 0.387 e. The highest BCUT2D eigenvalue weighted by Crippen LogP contribution is 2.17. The van der Waals surface area contributed by atoms with Crippen LogP contribution in [0.15, 0.2) is 24.3 Å². The molecule has 6 nitrogen and oxygen atoms in total. The molecule has 2 heterocycles. The van der Waals surface area contributed by atoms with Gasteiger partial charge in [-0.2, -0.15) is 0 Å². The molecule has 0 saturated carbocycles. The summed E-state index contributed by atoms with van der Waals surface area (Å²) in [6.45, 7) is 7.01. The fourth-order valence-electron chi connectivity index (χ4n) is 3.24. The molecule has 0 radical (unpaired) electrons. The highest BCUT2D eigenvalue weighted by atomic mass is 19.1. The van der Waals surface area contributed by atoms with Crippen molar-refractivity contribution in [1.82, 2.24) is 24.6 Å². The molecule has 1 saturated heterocycles. The van der Waals surface area contributed by atoms with Gasteiger partial charge < -0.3 is 9.67 Å². The molecule has 136 valence electrons. The zero-order valence-electron chi connectivity index (χ0n) is 14.9. The van der Waals surface area contributed by atoms with Crippen molar-refractivity contribution in [3.8, 4) is 0 Å². The lowest BCUT2D eigenvalue weighted by molar-refractivity contribution is 0.0688. The minimum Gasteiger partial charge on any atom is -0.387 e. The van der Waals surface area contributed by atoms with Gasteiger partial charge in [0.15, 0.2) is 0 Å². The Morgan fingerprint density at radius 2 is 1.80 bits per heavy atom. The molecular formula is C18H26FN5O. The number of aryl methyl sites for hydroxylation is 1. The molecule has 3 rings (SSSR count). The Labute approximate surface area is 147 Å². The number of aliphatic hydroxyl groups excluding tert-OH is 1. The maximum absolute atomic E-state index is 13.3. The van der Waals surface area contributed by atoms with Crippen LogP contribution in [-0.2, 0) is 20.0 Å². The molecule has 0 aliphatic carbocycles. The third-order valence-electron chi connectivity index (χ3n) is 4.87. The van der Waals surface area contributed by atoms with Crippen molar-refractivity contribution in [2.75, 3.05) is 32.7 Å². The van der Waals surface area contributed by atoms with E-state index in [1.165, 1.54) is 12.1 Å². The van der Waals surface area contributed by atoms with Crippen molar-refractivity contribution >= 4 is 0 Å². The summed E-state index contributed by atoms with van der Waals surface area (Å²) in [5, 5.41) is 18.8. The molecule has 2 aromatic rings. The van der Waals surface area contributed by atoms with Crippen LogP contribution in [0.2, 0.25) is 0 Å². The normalized spacial score (nSPS) is 17.8. The summed E-state index contributed by atoms with van der Waals surface area (Å²) in [6.07, 6.45) is 0.225. The minimum absolute atomic E-state index is 0.309. The van der Waals surface area contributed by atoms with Crippen molar-refractivity contribution in [3.63, 3.8) is 0 Å². The summed E-state index contributed by atoms with van der Waals surface area (Å²) in [5.41, 5.74) is 0.633. The number of benzene rings is 1. The van der Waals surface area contributed by atoms with Crippen molar-refractivity contribution in [2.45, 2.75) is 26.0 Å². The first-order chi connectivity index (χ1) is 12.1. The molecule has 25 heavy (non-hydrogen) atoms. The fraction of sp³-hybridized carbons (Fsp3) is 0.556. The highest BCUT2D eigenvalue weighted by Gasteiger charge is 2.21. The van der Waals surface area contributed by atoms with E-state index in [4.69, 9.17) is 0 Å². The zero-order chi connectivity index (χ0) is 17.8. The summed E-state index contributed by atoms with van der Waals surface area (Å²) in [4.78, 5) is 4.58. The Bertz CT molecular complexity index is 697. The van der Waals surface area contributed by atoms with Crippen molar-refractivity contribution in [3.05, 3.63) is 47.3 Å². The van der Waals surface area contributed by atoms with E-state index in [2.05, 4.69) is 31.5 Å². The van der Waals surface area contributed by atoms with E-state index in [0.29, 0.717) is 12.1 Å². The van der Waals surface area contributed by atoms with Crippen LogP contribution in [0.1, 0.15) is 30.2 Å². The minimum atomic E-state index is -0.659. The fourth-order valence-corrected chi connectivity index (χ4v) is 3.24. The summed E-state index contributed by atoms with van der Waals surface area (Å²) in [6, 6.07) is 6.20. The summed E-state index contributed by atoms with van der Waals surface area (Å²) in [7, 11) is 2.01. The van der Waals surface area contributed by atoms with E-state index >= 15 is 0 Å². The van der Waals surface area contributed by atoms with Gasteiger partial charge in [-0.1, -0.05) is 19.1 Å². The second-order valence-corrected chi connectivity index (χ2v) is 6.59. The van der Waals surface area contributed by atoms with E-state index in [-0.39, 0.29) is 5.82 Å². The number of rotatable bonds is 6. The molecule has 1 fully saturated rings. The van der Waals surface area contributed by atoms with Gasteiger partial charge in [0.25, 0.3) is 0 Å². The van der Waals surface area contributed by atoms with Gasteiger partial charge in [-0.3, -0.25) is 9.80 Å². The van der Waals surface area contributed by atoms with Crippen LogP contribution in [0.5, 0.6) is 0 Å². The number of aliphatic hydroxyl groups is 1. The van der Waals surface area contributed by atoms with Crippen LogP contribution in [0.4, 0.5) is 4.39 Å². The maximum Gasteiger partial charge on any atom is 0.146 e. The highest BCUT2D eigenvalue weighted by molar-refractivity contribution is 5.19. The van der Waals surface area contributed by atoms with Crippen LogP contribution >= 0.6 is 0 Å². The lowest BCUT2D eigenvalue weighted by Gasteiger charge is -2.35. The molecule has 1 aromatic carbocycles. The van der Waals surface area contributed by atoms with Crippen molar-refractivity contribution < 1.29 is 9.50 Å². The molecule has 7 heteroatoms. The lowest BCUT2D eigenvalue weighted by Crippen LogP contribution is -2.47. The number of aromatic nitrogens is 3. The monoisotopic (exact) mass is 347 g/mol. The predicted octanol–water partition coefficient (Wildman–Crippen LogP) is 1.37. The molecule has 1 aromatic heterocycles. The topological polar surface area (TPSA) is 57.4 Å². The first kappa shape index (κ1) is 18.0. The van der Waals surface area contributed by atoms with Crippen LogP contribution in [-0.4, -0.2) is 62.4 Å². The van der Waals surface area contributed by atoms with Crippen LogP contribution in [0.25, 0.3) is 0 Å². The molecule has 1 atom stereocenters. The SMILES string of the molecule is CCc1nnc(CN2CCN(C[C@H](O)c3cccc(F)c3)CC2)n1C. The predicted molar refractivity (Wildman–Crippen MR) is 93.5 cm³/mol. The molecule has 1 aliphatic heterocycles. The van der Waals surface area contributed by atoms with Crippen LogP contribution in [0, 0.1) is 5.82 Å². The van der Waals surface area contributed by atoms with E-state index < -0.39 is 6.10 Å². The van der Waals surface area contributed by atoms with Gasteiger partial charge in [-0.25, -0.2) is 4.39 Å². The van der Waals surface area contributed by atoms with Gasteiger partial charge in [0.1, 0.15) is 17.5 Å². The molecule has 0 amide bonds. The number of piperazine rings is 1. The van der Waals surface area contributed by atoms with E-state index in [9.17, 15) is 9.50 Å². The van der Waals surface area contributed by atoms with E-state index in [0.717, 1.165) is 50.8 Å². The summed E-state index contributed by atoms with van der Waals surface area (Å²) < 4.78 is 15.3. The smallest absolute Gasteiger partial charge is 0.146 e. The van der Waals surface area contributed by atoms with E-state index in [1.54, 1.807) is 12.1 Å². The molecule has 0 unspecified atom stereocenters. The molecule has 0 bridgehead atoms. The number of nitrogens with zero attached hydrogens (tertiary/aromatic N) is 5. The second-order valence-electron chi connectivity index (χ2n) is 6.59. The molecule has 1 aliphatic rings. The third kappa shape index (κ3) is 4.42. The average molecular weight is 347 g/mol.